The summed E-state index contributed by atoms with van der Waals surface area (Å²) in [7, 11) is 1.30. The molecule has 2 saturated heterocycles. The quantitative estimate of drug-likeness (QED) is 0.429. The Hall–Kier alpha value is -3.38. The maximum atomic E-state index is 13.9. The van der Waals surface area contributed by atoms with E-state index in [1.807, 2.05) is 6.92 Å². The number of rotatable bonds is 8. The van der Waals surface area contributed by atoms with Gasteiger partial charge in [0.2, 0.25) is 0 Å². The lowest BCUT2D eigenvalue weighted by Crippen LogP contribution is -2.60. The first-order valence-electron chi connectivity index (χ1n) is 14.1. The molecule has 0 bridgehead atoms. The minimum absolute atomic E-state index is 0.0359. The van der Waals surface area contributed by atoms with Crippen molar-refractivity contribution in [2.24, 2.45) is 5.92 Å². The van der Waals surface area contributed by atoms with Gasteiger partial charge in [-0.05, 0) is 80.5 Å². The summed E-state index contributed by atoms with van der Waals surface area (Å²) >= 11 is 0. The predicted octanol–water partition coefficient (Wildman–Crippen LogP) is 4.71. The second-order valence-corrected chi connectivity index (χ2v) is 11.4. The summed E-state index contributed by atoms with van der Waals surface area (Å²) in [5, 5.41) is 12.1. The molecule has 3 atom stereocenters. The molecule has 3 fully saturated rings. The number of alkyl halides is 3. The van der Waals surface area contributed by atoms with Gasteiger partial charge in [-0.2, -0.15) is 13.2 Å². The number of carbonyl (C=O) groups excluding carboxylic acids is 1. The Morgan fingerprint density at radius 3 is 2.50 bits per heavy atom. The Morgan fingerprint density at radius 2 is 1.90 bits per heavy atom. The number of carbonyl (C=O) groups is 2. The standard InChI is InChI=1S/C30H35F4N3O5/c1-18-16-36(9-10-37(18)22-5-6-26(31)25(14-22)27(38)39)23-7-8-29(42-17-23,20-3-4-20)28(40)35-15-19-11-21(30(32,33)34)13-24(12-19)41-2/h5-6,11-14,18,20,23H,3-4,7-10,15-17H2,1-2H3,(H,35,40)(H,38,39)/t18-,23+,29-/m0/s1. The molecule has 0 unspecified atom stereocenters. The highest BCUT2D eigenvalue weighted by Crippen LogP contribution is 2.47. The zero-order valence-corrected chi connectivity index (χ0v) is 23.5. The largest absolute Gasteiger partial charge is 0.497 e. The number of carboxylic acid groups (broad SMARTS) is 1. The van der Waals surface area contributed by atoms with Crippen LogP contribution in [0.3, 0.4) is 0 Å². The van der Waals surface area contributed by atoms with Crippen molar-refractivity contribution >= 4 is 17.6 Å². The zero-order chi connectivity index (χ0) is 30.2. The van der Waals surface area contributed by atoms with Crippen molar-refractivity contribution in [3.05, 3.63) is 58.9 Å². The molecule has 2 heterocycles. The fraction of sp³-hybridized carbons (Fsp3) is 0.533. The summed E-state index contributed by atoms with van der Waals surface area (Å²) in [6.07, 6.45) is -1.57. The van der Waals surface area contributed by atoms with Crippen LogP contribution >= 0.6 is 0 Å². The molecule has 1 aliphatic carbocycles. The molecule has 0 spiro atoms. The van der Waals surface area contributed by atoms with Gasteiger partial charge in [-0.15, -0.1) is 0 Å². The van der Waals surface area contributed by atoms with Crippen LogP contribution < -0.4 is 15.0 Å². The Bertz CT molecular complexity index is 1320. The van der Waals surface area contributed by atoms with Crippen LogP contribution in [0.25, 0.3) is 0 Å². The van der Waals surface area contributed by atoms with E-state index in [1.54, 1.807) is 6.07 Å². The van der Waals surface area contributed by atoms with E-state index in [0.29, 0.717) is 38.3 Å². The third kappa shape index (κ3) is 6.19. The molecule has 12 heteroatoms. The second-order valence-electron chi connectivity index (χ2n) is 11.4. The number of aromatic carboxylic acids is 1. The molecular formula is C30H35F4N3O5. The van der Waals surface area contributed by atoms with Gasteiger partial charge in [0, 0.05) is 44.0 Å². The molecule has 2 aromatic carbocycles. The van der Waals surface area contributed by atoms with Crippen LogP contribution in [0.5, 0.6) is 5.75 Å². The van der Waals surface area contributed by atoms with E-state index in [0.717, 1.165) is 31.4 Å². The molecule has 228 valence electrons. The van der Waals surface area contributed by atoms with E-state index in [2.05, 4.69) is 15.1 Å². The molecule has 1 saturated carbocycles. The Labute approximate surface area is 241 Å². The third-order valence-electron chi connectivity index (χ3n) is 8.67. The first-order chi connectivity index (χ1) is 19.9. The number of nitrogens with zero attached hydrogens (tertiary/aromatic N) is 2. The number of hydrogen-bond donors (Lipinski definition) is 2. The Kier molecular flexibility index (Phi) is 8.39. The summed E-state index contributed by atoms with van der Waals surface area (Å²) < 4.78 is 65.3. The fourth-order valence-corrected chi connectivity index (χ4v) is 6.24. The summed E-state index contributed by atoms with van der Waals surface area (Å²) in [4.78, 5) is 29.2. The van der Waals surface area contributed by atoms with Crippen molar-refractivity contribution in [1.82, 2.24) is 10.2 Å². The maximum Gasteiger partial charge on any atom is 0.416 e. The number of methoxy groups -OCH3 is 1. The van der Waals surface area contributed by atoms with Crippen LogP contribution in [0.1, 0.15) is 54.1 Å². The molecule has 0 radical (unpaired) electrons. The van der Waals surface area contributed by atoms with Crippen LogP contribution in [0, 0.1) is 11.7 Å². The number of halogens is 4. The second kappa shape index (κ2) is 11.7. The molecule has 2 aromatic rings. The van der Waals surface area contributed by atoms with Gasteiger partial charge in [-0.3, -0.25) is 9.69 Å². The average Bonchev–Trinajstić information content (AvgIpc) is 3.82. The lowest BCUT2D eigenvalue weighted by molar-refractivity contribution is -0.165. The maximum absolute atomic E-state index is 13.9. The molecule has 0 aromatic heterocycles. The van der Waals surface area contributed by atoms with Crippen molar-refractivity contribution in [1.29, 1.82) is 0 Å². The predicted molar refractivity (Wildman–Crippen MR) is 146 cm³/mol. The van der Waals surface area contributed by atoms with Gasteiger partial charge < -0.3 is 24.8 Å². The molecule has 3 aliphatic rings. The molecule has 5 rings (SSSR count). The number of ether oxygens (including phenoxy) is 2. The lowest BCUT2D eigenvalue weighted by Gasteiger charge is -2.48. The van der Waals surface area contributed by atoms with Crippen molar-refractivity contribution < 1.29 is 41.7 Å². The average molecular weight is 594 g/mol. The van der Waals surface area contributed by atoms with Crippen LogP contribution in [0.2, 0.25) is 0 Å². The Morgan fingerprint density at radius 1 is 1.14 bits per heavy atom. The number of hydrogen-bond acceptors (Lipinski definition) is 6. The number of nitrogens with one attached hydrogen (secondary N) is 1. The summed E-state index contributed by atoms with van der Waals surface area (Å²) in [5.74, 6) is -2.23. The number of benzene rings is 2. The number of carboxylic acids is 1. The molecular weight excluding hydrogens is 558 g/mol. The van der Waals surface area contributed by atoms with E-state index in [1.165, 1.54) is 25.3 Å². The fourth-order valence-electron chi connectivity index (χ4n) is 6.24. The minimum atomic E-state index is -4.53. The van der Waals surface area contributed by atoms with Crippen molar-refractivity contribution in [2.75, 3.05) is 38.3 Å². The van der Waals surface area contributed by atoms with Gasteiger partial charge in [-0.1, -0.05) is 0 Å². The van der Waals surface area contributed by atoms with Gasteiger partial charge in [0.05, 0.1) is 24.8 Å². The molecule has 42 heavy (non-hydrogen) atoms. The first kappa shape index (κ1) is 30.1. The summed E-state index contributed by atoms with van der Waals surface area (Å²) in [6.45, 7) is 4.31. The van der Waals surface area contributed by atoms with Crippen molar-refractivity contribution in [2.45, 2.75) is 63.0 Å². The van der Waals surface area contributed by atoms with Gasteiger partial charge in [0.1, 0.15) is 17.2 Å². The van der Waals surface area contributed by atoms with Gasteiger partial charge in [0.25, 0.3) is 5.91 Å². The van der Waals surface area contributed by atoms with Gasteiger partial charge in [-0.25, -0.2) is 9.18 Å². The number of amides is 1. The van der Waals surface area contributed by atoms with E-state index < -0.39 is 29.1 Å². The van der Waals surface area contributed by atoms with E-state index >= 15 is 0 Å². The lowest BCUT2D eigenvalue weighted by atomic mass is 9.85. The summed E-state index contributed by atoms with van der Waals surface area (Å²) in [5.41, 5.74) is -1.25. The highest BCUT2D eigenvalue weighted by atomic mass is 19.4. The smallest absolute Gasteiger partial charge is 0.416 e. The first-order valence-corrected chi connectivity index (χ1v) is 14.1. The SMILES string of the molecule is COc1cc(CNC(=O)[C@@]2(C3CC3)CC[C@@H](N3CCN(c4ccc(F)c(C(=O)O)c4)[C@@H](C)C3)CO2)cc(C(F)(F)F)c1. The molecule has 8 nitrogen and oxygen atoms in total. The van der Waals surface area contributed by atoms with Crippen molar-refractivity contribution in [3.63, 3.8) is 0 Å². The highest BCUT2D eigenvalue weighted by molar-refractivity contribution is 5.89. The van der Waals surface area contributed by atoms with Crippen LogP contribution in [-0.4, -0.2) is 72.9 Å². The number of piperazine rings is 1. The van der Waals surface area contributed by atoms with Gasteiger partial charge in [0.15, 0.2) is 0 Å². The Balaban J connectivity index is 1.20. The number of anilines is 1. The highest BCUT2D eigenvalue weighted by Gasteiger charge is 2.54. The minimum Gasteiger partial charge on any atom is -0.497 e. The summed E-state index contributed by atoms with van der Waals surface area (Å²) in [6, 6.07) is 7.68. The zero-order valence-electron chi connectivity index (χ0n) is 23.5. The normalized spacial score (nSPS) is 25.2. The molecule has 2 aliphatic heterocycles. The van der Waals surface area contributed by atoms with Crippen molar-refractivity contribution in [3.8, 4) is 5.75 Å². The van der Waals surface area contributed by atoms with Crippen LogP contribution in [0.4, 0.5) is 23.2 Å². The molecule has 1 amide bonds. The molecule has 2 N–H and O–H groups in total. The van der Waals surface area contributed by atoms with E-state index in [9.17, 15) is 32.3 Å². The van der Waals surface area contributed by atoms with E-state index in [-0.39, 0.29) is 47.3 Å². The van der Waals surface area contributed by atoms with Crippen LogP contribution in [0.15, 0.2) is 36.4 Å². The van der Waals surface area contributed by atoms with Gasteiger partial charge >= 0.3 is 12.1 Å². The van der Waals surface area contributed by atoms with Crippen LogP contribution in [-0.2, 0) is 22.3 Å². The van der Waals surface area contributed by atoms with E-state index in [4.69, 9.17) is 9.47 Å². The third-order valence-corrected chi connectivity index (χ3v) is 8.67. The topological polar surface area (TPSA) is 91.3 Å². The monoisotopic (exact) mass is 593 g/mol.